The van der Waals surface area contributed by atoms with E-state index in [9.17, 15) is 0 Å². The van der Waals surface area contributed by atoms with E-state index in [1.807, 2.05) is 0 Å². The van der Waals surface area contributed by atoms with E-state index in [1.54, 1.807) is 0 Å². The van der Waals surface area contributed by atoms with E-state index in [0.717, 1.165) is 13.0 Å². The minimum absolute atomic E-state index is 0.484. The van der Waals surface area contributed by atoms with Crippen molar-refractivity contribution in [1.82, 2.24) is 15.1 Å². The van der Waals surface area contributed by atoms with Crippen LogP contribution in [0.15, 0.2) is 30.5 Å². The van der Waals surface area contributed by atoms with Crippen molar-refractivity contribution >= 4 is 0 Å². The van der Waals surface area contributed by atoms with Crippen LogP contribution in [-0.4, -0.2) is 16.3 Å². The van der Waals surface area contributed by atoms with Gasteiger partial charge in [0.15, 0.2) is 0 Å². The maximum Gasteiger partial charge on any atom is 0.0649 e. The number of rotatable bonds is 4. The fourth-order valence-electron chi connectivity index (χ4n) is 3.00. The van der Waals surface area contributed by atoms with E-state index in [1.165, 1.54) is 41.8 Å². The molecule has 1 aromatic heterocycles. The molecule has 1 aromatic carbocycles. The molecule has 2 aromatic rings. The normalized spacial score (nSPS) is 18.0. The summed E-state index contributed by atoms with van der Waals surface area (Å²) in [7, 11) is 0. The number of aryl methyl sites for hydroxylation is 1. The molecule has 3 rings (SSSR count). The van der Waals surface area contributed by atoms with Crippen molar-refractivity contribution in [3.05, 3.63) is 47.3 Å². The van der Waals surface area contributed by atoms with Crippen LogP contribution in [0.2, 0.25) is 0 Å². The fourth-order valence-corrected chi connectivity index (χ4v) is 3.00. The van der Waals surface area contributed by atoms with Crippen molar-refractivity contribution < 1.29 is 0 Å². The molecule has 1 aliphatic rings. The van der Waals surface area contributed by atoms with Crippen LogP contribution in [0.5, 0.6) is 0 Å². The molecule has 0 aliphatic heterocycles. The highest BCUT2D eigenvalue weighted by Crippen LogP contribution is 2.30. The largest absolute Gasteiger partial charge is 0.310 e. The first-order valence-electron chi connectivity index (χ1n) is 7.67. The van der Waals surface area contributed by atoms with Gasteiger partial charge in [-0.15, -0.1) is 0 Å². The van der Waals surface area contributed by atoms with E-state index in [4.69, 9.17) is 0 Å². The van der Waals surface area contributed by atoms with Crippen molar-refractivity contribution in [1.29, 1.82) is 0 Å². The lowest BCUT2D eigenvalue weighted by Gasteiger charge is -2.24. The lowest BCUT2D eigenvalue weighted by Crippen LogP contribution is -2.25. The second-order valence-corrected chi connectivity index (χ2v) is 5.69. The molecule has 3 nitrogen and oxygen atoms in total. The quantitative estimate of drug-likeness (QED) is 0.919. The van der Waals surface area contributed by atoms with Crippen molar-refractivity contribution in [2.75, 3.05) is 6.54 Å². The highest BCUT2D eigenvalue weighted by molar-refractivity contribution is 5.38. The summed E-state index contributed by atoms with van der Waals surface area (Å²) in [6.07, 6.45) is 6.84. The zero-order chi connectivity index (χ0) is 13.9. The molecule has 1 unspecified atom stereocenters. The van der Waals surface area contributed by atoms with Crippen molar-refractivity contribution in [2.24, 2.45) is 0 Å². The fraction of sp³-hybridized carbons (Fsp3) is 0.471. The number of hydrogen-bond donors (Lipinski definition) is 1. The summed E-state index contributed by atoms with van der Waals surface area (Å²) < 4.78 is 2.12. The van der Waals surface area contributed by atoms with Gasteiger partial charge in [-0.2, -0.15) is 5.10 Å². The first-order chi connectivity index (χ1) is 9.79. The zero-order valence-corrected chi connectivity index (χ0v) is 12.4. The molecule has 1 atom stereocenters. The van der Waals surface area contributed by atoms with Gasteiger partial charge in [0.05, 0.1) is 11.9 Å². The van der Waals surface area contributed by atoms with Crippen LogP contribution in [0.4, 0.5) is 0 Å². The maximum atomic E-state index is 4.63. The summed E-state index contributed by atoms with van der Waals surface area (Å²) in [5.74, 6) is 0. The molecule has 1 N–H and O–H groups in total. The SMILES string of the molecule is CCCNC1CCCc2c1cnn2-c1ccc(C)cc1. The van der Waals surface area contributed by atoms with Gasteiger partial charge in [0.2, 0.25) is 0 Å². The summed E-state index contributed by atoms with van der Waals surface area (Å²) in [5.41, 5.74) is 5.24. The topological polar surface area (TPSA) is 29.9 Å². The number of fused-ring (bicyclic) bond motifs is 1. The zero-order valence-electron chi connectivity index (χ0n) is 12.4. The van der Waals surface area contributed by atoms with Crippen LogP contribution in [0, 0.1) is 6.92 Å². The lowest BCUT2D eigenvalue weighted by molar-refractivity contribution is 0.456. The monoisotopic (exact) mass is 269 g/mol. The van der Waals surface area contributed by atoms with Crippen LogP contribution in [0.25, 0.3) is 5.69 Å². The van der Waals surface area contributed by atoms with Crippen LogP contribution in [-0.2, 0) is 6.42 Å². The average molecular weight is 269 g/mol. The van der Waals surface area contributed by atoms with Crippen LogP contribution in [0.1, 0.15) is 49.0 Å². The lowest BCUT2D eigenvalue weighted by atomic mass is 9.93. The molecule has 0 fully saturated rings. The Bertz CT molecular complexity index is 568. The molecule has 0 bridgehead atoms. The summed E-state index contributed by atoms with van der Waals surface area (Å²) in [6.45, 7) is 5.42. The molecule has 0 saturated heterocycles. The third-order valence-electron chi connectivity index (χ3n) is 4.10. The number of benzene rings is 1. The summed E-state index contributed by atoms with van der Waals surface area (Å²) in [6, 6.07) is 9.10. The Kier molecular flexibility index (Phi) is 3.88. The Morgan fingerprint density at radius 3 is 2.85 bits per heavy atom. The van der Waals surface area contributed by atoms with Gasteiger partial charge in [-0.05, 0) is 51.3 Å². The number of aromatic nitrogens is 2. The van der Waals surface area contributed by atoms with Gasteiger partial charge >= 0.3 is 0 Å². The third-order valence-corrected chi connectivity index (χ3v) is 4.10. The van der Waals surface area contributed by atoms with Crippen LogP contribution < -0.4 is 5.32 Å². The second-order valence-electron chi connectivity index (χ2n) is 5.69. The Morgan fingerprint density at radius 1 is 1.30 bits per heavy atom. The van der Waals surface area contributed by atoms with Gasteiger partial charge in [0, 0.05) is 17.3 Å². The minimum Gasteiger partial charge on any atom is -0.310 e. The standard InChI is InChI=1S/C17H23N3/c1-3-11-18-16-5-4-6-17-15(16)12-19-20(17)14-9-7-13(2)8-10-14/h7-10,12,16,18H,3-6,11H2,1-2H3. The first kappa shape index (κ1) is 13.4. The van der Waals surface area contributed by atoms with Gasteiger partial charge < -0.3 is 5.32 Å². The van der Waals surface area contributed by atoms with Crippen LogP contribution in [0.3, 0.4) is 0 Å². The smallest absolute Gasteiger partial charge is 0.0649 e. The van der Waals surface area contributed by atoms with Gasteiger partial charge in [-0.25, -0.2) is 4.68 Å². The van der Waals surface area contributed by atoms with E-state index in [0.29, 0.717) is 6.04 Å². The maximum absolute atomic E-state index is 4.63. The molecular formula is C17H23N3. The predicted molar refractivity (Wildman–Crippen MR) is 82.3 cm³/mol. The van der Waals surface area contributed by atoms with Gasteiger partial charge in [0.1, 0.15) is 0 Å². The molecule has 3 heteroatoms. The van der Waals surface area contributed by atoms with Crippen LogP contribution >= 0.6 is 0 Å². The third kappa shape index (κ3) is 2.50. The first-order valence-corrected chi connectivity index (χ1v) is 7.67. The highest BCUT2D eigenvalue weighted by Gasteiger charge is 2.24. The summed E-state index contributed by atoms with van der Waals surface area (Å²) in [5, 5.41) is 8.28. The van der Waals surface area contributed by atoms with E-state index in [2.05, 4.69) is 59.4 Å². The molecule has 106 valence electrons. The minimum atomic E-state index is 0.484. The highest BCUT2D eigenvalue weighted by atomic mass is 15.3. The van der Waals surface area contributed by atoms with Gasteiger partial charge in [-0.3, -0.25) is 0 Å². The van der Waals surface area contributed by atoms with E-state index >= 15 is 0 Å². The summed E-state index contributed by atoms with van der Waals surface area (Å²) in [4.78, 5) is 0. The molecule has 0 radical (unpaired) electrons. The Labute approximate surface area is 121 Å². The molecular weight excluding hydrogens is 246 g/mol. The van der Waals surface area contributed by atoms with Crippen molar-refractivity contribution in [3.63, 3.8) is 0 Å². The predicted octanol–water partition coefficient (Wildman–Crippen LogP) is 3.56. The molecule has 1 aliphatic carbocycles. The van der Waals surface area contributed by atoms with E-state index < -0.39 is 0 Å². The Morgan fingerprint density at radius 2 is 2.10 bits per heavy atom. The molecule has 0 spiro atoms. The second kappa shape index (κ2) is 5.80. The number of nitrogens with zero attached hydrogens (tertiary/aromatic N) is 2. The Hall–Kier alpha value is -1.61. The summed E-state index contributed by atoms with van der Waals surface area (Å²) >= 11 is 0. The Balaban J connectivity index is 1.91. The molecule has 0 amide bonds. The molecule has 1 heterocycles. The van der Waals surface area contributed by atoms with Crippen molar-refractivity contribution in [2.45, 2.75) is 45.6 Å². The van der Waals surface area contributed by atoms with Crippen molar-refractivity contribution in [3.8, 4) is 5.69 Å². The number of hydrogen-bond acceptors (Lipinski definition) is 2. The van der Waals surface area contributed by atoms with E-state index in [-0.39, 0.29) is 0 Å². The number of nitrogens with one attached hydrogen (secondary N) is 1. The molecule has 20 heavy (non-hydrogen) atoms. The van der Waals surface area contributed by atoms with Gasteiger partial charge in [0.25, 0.3) is 0 Å². The average Bonchev–Trinajstić information content (AvgIpc) is 2.90. The molecule has 0 saturated carbocycles. The van der Waals surface area contributed by atoms with Gasteiger partial charge in [-0.1, -0.05) is 24.6 Å².